The van der Waals surface area contributed by atoms with Gasteiger partial charge < -0.3 is 9.04 Å². The van der Waals surface area contributed by atoms with Crippen LogP contribution in [-0.2, 0) is 10.4 Å². The highest BCUT2D eigenvalue weighted by atomic mass is 32.3. The van der Waals surface area contributed by atoms with Crippen LogP contribution in [0.25, 0.3) is 0 Å². The predicted octanol–water partition coefficient (Wildman–Crippen LogP) is 5.96. The monoisotopic (exact) mass is 409 g/mol. The smallest absolute Gasteiger partial charge is 0.215 e. The van der Waals surface area contributed by atoms with E-state index in [0.29, 0.717) is 0 Å². The maximum absolute atomic E-state index is 8.63. The van der Waals surface area contributed by atoms with Gasteiger partial charge in [-0.2, -0.15) is 0 Å². The van der Waals surface area contributed by atoms with E-state index in [-0.39, 0.29) is 0 Å². The SMILES string of the molecule is CCCCCCCCCC(CCCCCCCC)[N+](C)(C)C.O=S(=O)([O-])O. The first-order valence-electron chi connectivity index (χ1n) is 11.0. The Balaban J connectivity index is 0. The third-order valence-corrected chi connectivity index (χ3v) is 5.13. The van der Waals surface area contributed by atoms with Crippen LogP contribution in [0.4, 0.5) is 0 Å². The van der Waals surface area contributed by atoms with Crippen molar-refractivity contribution in [3.8, 4) is 0 Å². The second-order valence-corrected chi connectivity index (χ2v) is 9.52. The summed E-state index contributed by atoms with van der Waals surface area (Å²) in [5.41, 5.74) is 0. The average Bonchev–Trinajstić information content (AvgIpc) is 2.52. The van der Waals surface area contributed by atoms with Crippen molar-refractivity contribution in [2.45, 2.75) is 116 Å². The van der Waals surface area contributed by atoms with Crippen molar-refractivity contribution in [1.82, 2.24) is 0 Å². The van der Waals surface area contributed by atoms with Gasteiger partial charge in [-0.15, -0.1) is 0 Å². The van der Waals surface area contributed by atoms with Gasteiger partial charge in [0.05, 0.1) is 27.2 Å². The Bertz CT molecular complexity index is 397. The number of unbranched alkanes of at least 4 members (excludes halogenated alkanes) is 11. The highest BCUT2D eigenvalue weighted by molar-refractivity contribution is 7.79. The predicted molar refractivity (Wildman–Crippen MR) is 115 cm³/mol. The van der Waals surface area contributed by atoms with Gasteiger partial charge in [0.1, 0.15) is 0 Å². The lowest BCUT2D eigenvalue weighted by atomic mass is 9.98. The molecular formula is C21H47NO4S. The van der Waals surface area contributed by atoms with Crippen LogP contribution in [0, 0.1) is 0 Å². The molecule has 1 N–H and O–H groups in total. The molecule has 0 aromatic carbocycles. The van der Waals surface area contributed by atoms with Crippen LogP contribution in [0.1, 0.15) is 110 Å². The number of rotatable bonds is 16. The van der Waals surface area contributed by atoms with Gasteiger partial charge >= 0.3 is 0 Å². The van der Waals surface area contributed by atoms with Gasteiger partial charge in [0.2, 0.25) is 10.4 Å². The van der Waals surface area contributed by atoms with E-state index < -0.39 is 10.4 Å². The maximum Gasteiger partial charge on any atom is 0.215 e. The first kappa shape index (κ1) is 29.0. The van der Waals surface area contributed by atoms with Crippen LogP contribution in [0.3, 0.4) is 0 Å². The van der Waals surface area contributed by atoms with Crippen molar-refractivity contribution in [1.29, 1.82) is 0 Å². The zero-order valence-electron chi connectivity index (χ0n) is 18.7. The van der Waals surface area contributed by atoms with Gasteiger partial charge in [0, 0.05) is 0 Å². The summed E-state index contributed by atoms with van der Waals surface area (Å²) in [7, 11) is 2.26. The lowest BCUT2D eigenvalue weighted by Gasteiger charge is -2.34. The van der Waals surface area contributed by atoms with Crippen molar-refractivity contribution < 1.29 is 22.0 Å². The molecule has 0 rings (SSSR count). The highest BCUT2D eigenvalue weighted by Gasteiger charge is 2.22. The van der Waals surface area contributed by atoms with E-state index in [1.54, 1.807) is 0 Å². The molecule has 1 atom stereocenters. The average molecular weight is 410 g/mol. The van der Waals surface area contributed by atoms with Crippen molar-refractivity contribution >= 4 is 10.4 Å². The molecule has 5 nitrogen and oxygen atoms in total. The summed E-state index contributed by atoms with van der Waals surface area (Å²) in [6.07, 6.45) is 21.5. The third-order valence-electron chi connectivity index (χ3n) is 5.13. The summed E-state index contributed by atoms with van der Waals surface area (Å²) in [4.78, 5) is 0. The molecule has 0 aromatic heterocycles. The molecule has 0 aromatic rings. The van der Waals surface area contributed by atoms with Crippen LogP contribution >= 0.6 is 0 Å². The van der Waals surface area contributed by atoms with Gasteiger partial charge in [-0.05, 0) is 25.7 Å². The van der Waals surface area contributed by atoms with Crippen molar-refractivity contribution in [3.05, 3.63) is 0 Å². The maximum atomic E-state index is 8.63. The Morgan fingerprint density at radius 3 is 1.22 bits per heavy atom. The summed E-state index contributed by atoms with van der Waals surface area (Å²) in [6.45, 7) is 4.60. The minimum atomic E-state index is -4.92. The molecule has 0 radical (unpaired) electrons. The first-order valence-corrected chi connectivity index (χ1v) is 12.4. The fraction of sp³-hybridized carbons (Fsp3) is 1.00. The van der Waals surface area contributed by atoms with Crippen LogP contribution in [0.5, 0.6) is 0 Å². The van der Waals surface area contributed by atoms with E-state index in [4.69, 9.17) is 17.5 Å². The van der Waals surface area contributed by atoms with Crippen LogP contribution in [-0.4, -0.2) is 49.2 Å². The molecule has 27 heavy (non-hydrogen) atoms. The standard InChI is InChI=1S/C21H46N.H2O4S/c1-6-8-10-12-14-16-18-20-21(22(3,4)5)19-17-15-13-11-9-7-2;1-5(2,3)4/h21H,6-20H2,1-5H3;(H2,1,2,3,4)/q+1;/p-1. The van der Waals surface area contributed by atoms with Gasteiger partial charge in [0.25, 0.3) is 0 Å². The first-order chi connectivity index (χ1) is 12.5. The molecule has 0 aliphatic heterocycles. The second-order valence-electron chi connectivity index (χ2n) is 8.66. The van der Waals surface area contributed by atoms with Crippen LogP contribution < -0.4 is 0 Å². The molecule has 0 heterocycles. The number of nitrogens with zero attached hydrogens (tertiary/aromatic N) is 1. The molecule has 0 aliphatic carbocycles. The molecule has 0 aliphatic rings. The van der Waals surface area contributed by atoms with E-state index in [0.717, 1.165) is 10.5 Å². The zero-order valence-corrected chi connectivity index (χ0v) is 19.5. The Hall–Kier alpha value is -0.170. The van der Waals surface area contributed by atoms with Gasteiger partial charge in [-0.25, -0.2) is 8.42 Å². The molecule has 166 valence electrons. The van der Waals surface area contributed by atoms with Crippen molar-refractivity contribution in [2.75, 3.05) is 21.1 Å². The Morgan fingerprint density at radius 1 is 0.704 bits per heavy atom. The zero-order chi connectivity index (χ0) is 21.2. The number of hydrogen-bond acceptors (Lipinski definition) is 3. The minimum absolute atomic E-state index is 0.877. The molecule has 0 saturated heterocycles. The van der Waals surface area contributed by atoms with Crippen LogP contribution in [0.15, 0.2) is 0 Å². The van der Waals surface area contributed by atoms with E-state index in [1.165, 1.54) is 96.3 Å². The molecule has 0 bridgehead atoms. The second kappa shape index (κ2) is 17.9. The van der Waals surface area contributed by atoms with E-state index in [1.807, 2.05) is 0 Å². The third kappa shape index (κ3) is 28.1. The highest BCUT2D eigenvalue weighted by Crippen LogP contribution is 2.20. The molecular weight excluding hydrogens is 362 g/mol. The molecule has 0 fully saturated rings. The molecule has 1 unspecified atom stereocenters. The Kier molecular flexibility index (Phi) is 19.2. The van der Waals surface area contributed by atoms with E-state index in [9.17, 15) is 0 Å². The largest absolute Gasteiger partial charge is 0.726 e. The lowest BCUT2D eigenvalue weighted by molar-refractivity contribution is -0.896. The Labute approximate surface area is 170 Å². The van der Waals surface area contributed by atoms with E-state index in [2.05, 4.69) is 35.0 Å². The fourth-order valence-corrected chi connectivity index (χ4v) is 3.42. The topological polar surface area (TPSA) is 77.4 Å². The number of hydrogen-bond donors (Lipinski definition) is 1. The summed E-state index contributed by atoms with van der Waals surface area (Å²) >= 11 is 0. The molecule has 6 heteroatoms. The Morgan fingerprint density at radius 2 is 0.963 bits per heavy atom. The summed E-state index contributed by atoms with van der Waals surface area (Å²) in [5.74, 6) is 0. The molecule has 0 spiro atoms. The van der Waals surface area contributed by atoms with Gasteiger partial charge in [-0.1, -0.05) is 84.5 Å². The number of quaternary nitrogens is 1. The van der Waals surface area contributed by atoms with Crippen molar-refractivity contribution in [3.63, 3.8) is 0 Å². The molecule has 0 amide bonds. The minimum Gasteiger partial charge on any atom is -0.726 e. The molecule has 0 saturated carbocycles. The summed E-state index contributed by atoms with van der Waals surface area (Å²) in [6, 6.07) is 0.877. The summed E-state index contributed by atoms with van der Waals surface area (Å²) < 4.78 is 34.0. The lowest BCUT2D eigenvalue weighted by Crippen LogP contribution is -2.45. The van der Waals surface area contributed by atoms with E-state index >= 15 is 0 Å². The van der Waals surface area contributed by atoms with Crippen LogP contribution in [0.2, 0.25) is 0 Å². The summed E-state index contributed by atoms with van der Waals surface area (Å²) in [5, 5.41) is 0. The quantitative estimate of drug-likeness (QED) is 0.148. The van der Waals surface area contributed by atoms with Gasteiger partial charge in [-0.3, -0.25) is 4.55 Å². The van der Waals surface area contributed by atoms with Gasteiger partial charge in [0.15, 0.2) is 0 Å². The normalized spacial score (nSPS) is 13.1. The fourth-order valence-electron chi connectivity index (χ4n) is 3.42. The van der Waals surface area contributed by atoms with Crippen molar-refractivity contribution in [2.24, 2.45) is 0 Å².